The number of imidazole rings is 1. The van der Waals surface area contributed by atoms with Crippen LogP contribution in [0.25, 0.3) is 11.6 Å². The van der Waals surface area contributed by atoms with Crippen molar-refractivity contribution in [1.29, 1.82) is 0 Å². The molecule has 0 aromatic carbocycles. The van der Waals surface area contributed by atoms with Gasteiger partial charge in [0.15, 0.2) is 5.82 Å². The van der Waals surface area contributed by atoms with Crippen LogP contribution in [0.15, 0.2) is 16.9 Å². The van der Waals surface area contributed by atoms with Crippen LogP contribution >= 0.6 is 0 Å². The Morgan fingerprint density at radius 3 is 3.12 bits per heavy atom. The number of rotatable bonds is 4. The Labute approximate surface area is 91.1 Å². The Kier molecular flexibility index (Phi) is 2.05. The molecule has 16 heavy (non-hydrogen) atoms. The van der Waals surface area contributed by atoms with E-state index in [2.05, 4.69) is 20.1 Å². The van der Waals surface area contributed by atoms with E-state index in [4.69, 9.17) is 4.52 Å². The monoisotopic (exact) mass is 218 g/mol. The SMILES string of the molecule is O=C(Cc1nc(-c2ncc[nH]2)no1)C1CC1. The molecule has 2 aromatic heterocycles. The van der Waals surface area contributed by atoms with Crippen LogP contribution in [0.4, 0.5) is 0 Å². The molecule has 2 heterocycles. The number of nitrogens with zero attached hydrogens (tertiary/aromatic N) is 3. The van der Waals surface area contributed by atoms with Crippen LogP contribution in [-0.2, 0) is 11.2 Å². The predicted molar refractivity (Wildman–Crippen MR) is 53.3 cm³/mol. The number of hydrogen-bond acceptors (Lipinski definition) is 5. The van der Waals surface area contributed by atoms with Gasteiger partial charge in [-0.2, -0.15) is 4.98 Å². The lowest BCUT2D eigenvalue weighted by Crippen LogP contribution is -2.04. The molecule has 0 radical (unpaired) electrons. The summed E-state index contributed by atoms with van der Waals surface area (Å²) in [6.45, 7) is 0. The molecule has 0 bridgehead atoms. The van der Waals surface area contributed by atoms with Crippen molar-refractivity contribution in [1.82, 2.24) is 20.1 Å². The second kappa shape index (κ2) is 3.55. The molecule has 0 aliphatic heterocycles. The maximum Gasteiger partial charge on any atom is 0.238 e. The number of ketones is 1. The number of hydrogen-bond donors (Lipinski definition) is 1. The fourth-order valence-corrected chi connectivity index (χ4v) is 1.51. The average Bonchev–Trinajstić information content (AvgIpc) is 2.80. The summed E-state index contributed by atoms with van der Waals surface area (Å²) in [4.78, 5) is 22.5. The number of nitrogens with one attached hydrogen (secondary N) is 1. The molecule has 82 valence electrons. The summed E-state index contributed by atoms with van der Waals surface area (Å²) < 4.78 is 5.00. The van der Waals surface area contributed by atoms with E-state index in [0.717, 1.165) is 12.8 Å². The third-order valence-corrected chi connectivity index (χ3v) is 2.54. The first-order chi connectivity index (χ1) is 7.83. The first-order valence-electron chi connectivity index (χ1n) is 5.18. The minimum Gasteiger partial charge on any atom is -0.342 e. The predicted octanol–water partition coefficient (Wildman–Crippen LogP) is 0.981. The zero-order valence-corrected chi connectivity index (χ0v) is 8.51. The number of carbonyl (C=O) groups excluding carboxylic acids is 1. The van der Waals surface area contributed by atoms with E-state index >= 15 is 0 Å². The van der Waals surface area contributed by atoms with Crippen LogP contribution < -0.4 is 0 Å². The lowest BCUT2D eigenvalue weighted by molar-refractivity contribution is -0.119. The third-order valence-electron chi connectivity index (χ3n) is 2.54. The highest BCUT2D eigenvalue weighted by molar-refractivity contribution is 5.84. The van der Waals surface area contributed by atoms with Crippen molar-refractivity contribution in [3.63, 3.8) is 0 Å². The third kappa shape index (κ3) is 1.73. The van der Waals surface area contributed by atoms with Gasteiger partial charge >= 0.3 is 0 Å². The summed E-state index contributed by atoms with van der Waals surface area (Å²) in [5, 5.41) is 3.76. The summed E-state index contributed by atoms with van der Waals surface area (Å²) in [5.74, 6) is 1.72. The smallest absolute Gasteiger partial charge is 0.238 e. The Bertz CT molecular complexity index is 499. The van der Waals surface area contributed by atoms with Gasteiger partial charge in [0.25, 0.3) is 0 Å². The molecule has 1 aliphatic rings. The van der Waals surface area contributed by atoms with Crippen molar-refractivity contribution in [2.24, 2.45) is 5.92 Å². The van der Waals surface area contributed by atoms with Gasteiger partial charge in [0.1, 0.15) is 5.78 Å². The van der Waals surface area contributed by atoms with E-state index in [1.165, 1.54) is 0 Å². The van der Waals surface area contributed by atoms with Crippen LogP contribution in [-0.4, -0.2) is 25.9 Å². The first-order valence-corrected chi connectivity index (χ1v) is 5.18. The zero-order valence-electron chi connectivity index (χ0n) is 8.51. The molecular weight excluding hydrogens is 208 g/mol. The lowest BCUT2D eigenvalue weighted by Gasteiger charge is -1.90. The van der Waals surface area contributed by atoms with Crippen LogP contribution in [0.5, 0.6) is 0 Å². The zero-order chi connectivity index (χ0) is 11.0. The van der Waals surface area contributed by atoms with E-state index in [0.29, 0.717) is 17.5 Å². The fourth-order valence-electron chi connectivity index (χ4n) is 1.51. The van der Waals surface area contributed by atoms with Gasteiger partial charge in [0.2, 0.25) is 11.7 Å². The molecule has 1 aliphatic carbocycles. The molecule has 3 rings (SSSR count). The van der Waals surface area contributed by atoms with Crippen LogP contribution in [0.3, 0.4) is 0 Å². The minimum atomic E-state index is 0.189. The van der Waals surface area contributed by atoms with Crippen molar-refractivity contribution in [2.45, 2.75) is 19.3 Å². The molecule has 0 saturated heterocycles. The standard InChI is InChI=1S/C10H10N4O2/c15-7(6-1-2-6)5-8-13-10(14-16-8)9-11-3-4-12-9/h3-4,6H,1-2,5H2,(H,11,12). The van der Waals surface area contributed by atoms with E-state index in [1.54, 1.807) is 12.4 Å². The summed E-state index contributed by atoms with van der Waals surface area (Å²) in [6.07, 6.45) is 5.52. The molecule has 0 amide bonds. The maximum atomic E-state index is 11.5. The van der Waals surface area contributed by atoms with Gasteiger partial charge in [-0.25, -0.2) is 4.98 Å². The van der Waals surface area contributed by atoms with Gasteiger partial charge in [0, 0.05) is 18.3 Å². The molecule has 1 fully saturated rings. The summed E-state index contributed by atoms with van der Waals surface area (Å²) in [6, 6.07) is 0. The minimum absolute atomic E-state index is 0.189. The molecule has 6 nitrogen and oxygen atoms in total. The van der Waals surface area contributed by atoms with Crippen molar-refractivity contribution in [3.05, 3.63) is 18.3 Å². The maximum absolute atomic E-state index is 11.5. The van der Waals surface area contributed by atoms with E-state index in [-0.39, 0.29) is 18.1 Å². The molecule has 1 N–H and O–H groups in total. The van der Waals surface area contributed by atoms with Crippen LogP contribution in [0, 0.1) is 5.92 Å². The van der Waals surface area contributed by atoms with Gasteiger partial charge in [-0.05, 0) is 12.8 Å². The van der Waals surface area contributed by atoms with Crippen LogP contribution in [0.1, 0.15) is 18.7 Å². The van der Waals surface area contributed by atoms with Gasteiger partial charge in [-0.3, -0.25) is 4.79 Å². The van der Waals surface area contributed by atoms with Crippen LogP contribution in [0.2, 0.25) is 0 Å². The summed E-state index contributed by atoms with van der Waals surface area (Å²) in [5.41, 5.74) is 0. The van der Waals surface area contributed by atoms with Gasteiger partial charge in [0.05, 0.1) is 6.42 Å². The molecule has 6 heteroatoms. The van der Waals surface area contributed by atoms with E-state index in [9.17, 15) is 4.79 Å². The van der Waals surface area contributed by atoms with Gasteiger partial charge in [-0.15, -0.1) is 0 Å². The lowest BCUT2D eigenvalue weighted by atomic mass is 10.2. The van der Waals surface area contributed by atoms with Crippen molar-refractivity contribution in [2.75, 3.05) is 0 Å². The molecule has 0 atom stereocenters. The van der Waals surface area contributed by atoms with E-state index < -0.39 is 0 Å². The topological polar surface area (TPSA) is 84.7 Å². The van der Waals surface area contributed by atoms with Crippen molar-refractivity contribution < 1.29 is 9.32 Å². The van der Waals surface area contributed by atoms with Crippen molar-refractivity contribution >= 4 is 5.78 Å². The Hall–Kier alpha value is -1.98. The van der Waals surface area contributed by atoms with Gasteiger partial charge in [-0.1, -0.05) is 5.16 Å². The highest BCUT2D eigenvalue weighted by Gasteiger charge is 2.30. The Morgan fingerprint density at radius 1 is 1.56 bits per heavy atom. The second-order valence-corrected chi connectivity index (χ2v) is 3.87. The number of aromatic amines is 1. The average molecular weight is 218 g/mol. The highest BCUT2D eigenvalue weighted by Crippen LogP contribution is 2.30. The number of Topliss-reactive ketones (excluding diaryl/α,β-unsaturated/α-hetero) is 1. The normalized spacial score (nSPS) is 15.2. The molecule has 0 spiro atoms. The number of H-pyrrole nitrogens is 1. The quantitative estimate of drug-likeness (QED) is 0.826. The summed E-state index contributed by atoms with van der Waals surface area (Å²) in [7, 11) is 0. The Morgan fingerprint density at radius 2 is 2.44 bits per heavy atom. The Balaban J connectivity index is 1.75. The second-order valence-electron chi connectivity index (χ2n) is 3.87. The van der Waals surface area contributed by atoms with Crippen molar-refractivity contribution in [3.8, 4) is 11.6 Å². The molecule has 0 unspecified atom stereocenters. The molecular formula is C10H10N4O2. The van der Waals surface area contributed by atoms with E-state index in [1.807, 2.05) is 0 Å². The number of aromatic nitrogens is 4. The first kappa shape index (κ1) is 9.26. The fraction of sp³-hybridized carbons (Fsp3) is 0.400. The largest absolute Gasteiger partial charge is 0.342 e. The molecule has 2 aromatic rings. The number of carbonyl (C=O) groups is 1. The van der Waals surface area contributed by atoms with Gasteiger partial charge < -0.3 is 9.51 Å². The molecule has 1 saturated carbocycles. The summed E-state index contributed by atoms with van der Waals surface area (Å²) >= 11 is 0. The highest BCUT2D eigenvalue weighted by atomic mass is 16.5.